The van der Waals surface area contributed by atoms with Gasteiger partial charge in [-0.1, -0.05) is 29.5 Å². The van der Waals surface area contributed by atoms with Crippen LogP contribution in [0.3, 0.4) is 0 Å². The molecule has 0 aliphatic rings. The summed E-state index contributed by atoms with van der Waals surface area (Å²) in [5.41, 5.74) is -2.32. The lowest BCUT2D eigenvalue weighted by molar-refractivity contribution is -0.143. The number of nitrogens with one attached hydrogen (secondary N) is 2. The van der Waals surface area contributed by atoms with Gasteiger partial charge in [0.05, 0.1) is 16.9 Å². The van der Waals surface area contributed by atoms with Crippen LogP contribution in [0, 0.1) is 6.92 Å². The van der Waals surface area contributed by atoms with Crippen LogP contribution in [0.5, 0.6) is 0 Å². The van der Waals surface area contributed by atoms with Gasteiger partial charge in [-0.2, -0.15) is 26.3 Å². The number of anilines is 2. The van der Waals surface area contributed by atoms with Crippen LogP contribution < -0.4 is 10.6 Å². The van der Waals surface area contributed by atoms with Crippen molar-refractivity contribution < 1.29 is 35.9 Å². The lowest BCUT2D eigenvalue weighted by Gasteiger charge is -2.14. The first-order valence-corrected chi connectivity index (χ1v) is 10.7. The first-order valence-electron chi connectivity index (χ1n) is 9.75. The average molecular weight is 514 g/mol. The molecule has 3 aromatic rings. The standard InChI is InChI=1S/C22H16F6N4O2S/c1-12-2-4-13(5-3-12)20(34)30-17-6-7-19(32-31-17)35-11-18(33)29-16-9-14(21(23,24)25)8-15(10-16)22(26,27)28/h2-10H,11H2,1H3,(H,29,33)(H,30,31,34). The Hall–Kier alpha value is -3.61. The number of benzene rings is 2. The number of carbonyl (C=O) groups excluding carboxylic acids is 2. The van der Waals surface area contributed by atoms with Gasteiger partial charge in [-0.3, -0.25) is 9.59 Å². The Kier molecular flexibility index (Phi) is 7.68. The highest BCUT2D eigenvalue weighted by atomic mass is 32.2. The number of halogens is 6. The van der Waals surface area contributed by atoms with Crippen molar-refractivity contribution in [3.8, 4) is 0 Å². The molecule has 0 fully saturated rings. The minimum Gasteiger partial charge on any atom is -0.325 e. The highest BCUT2D eigenvalue weighted by Crippen LogP contribution is 2.37. The molecule has 0 aliphatic heterocycles. The van der Waals surface area contributed by atoms with Crippen LogP contribution in [0.15, 0.2) is 59.6 Å². The van der Waals surface area contributed by atoms with Gasteiger partial charge < -0.3 is 10.6 Å². The molecule has 6 nitrogen and oxygen atoms in total. The number of nitrogens with zero attached hydrogens (tertiary/aromatic N) is 2. The second-order valence-corrected chi connectivity index (χ2v) is 8.20. The summed E-state index contributed by atoms with van der Waals surface area (Å²) in [4.78, 5) is 24.3. The number of hydrogen-bond acceptors (Lipinski definition) is 5. The van der Waals surface area contributed by atoms with E-state index < -0.39 is 41.0 Å². The maximum atomic E-state index is 12.9. The van der Waals surface area contributed by atoms with Gasteiger partial charge in [-0.15, -0.1) is 10.2 Å². The van der Waals surface area contributed by atoms with Gasteiger partial charge in [0.2, 0.25) is 5.91 Å². The highest BCUT2D eigenvalue weighted by molar-refractivity contribution is 7.99. The van der Waals surface area contributed by atoms with E-state index in [9.17, 15) is 35.9 Å². The van der Waals surface area contributed by atoms with Crippen LogP contribution in [0.4, 0.5) is 37.8 Å². The van der Waals surface area contributed by atoms with E-state index in [1.54, 1.807) is 24.3 Å². The topological polar surface area (TPSA) is 84.0 Å². The number of rotatable bonds is 6. The average Bonchev–Trinajstić information content (AvgIpc) is 2.77. The van der Waals surface area contributed by atoms with Crippen molar-refractivity contribution in [1.29, 1.82) is 0 Å². The van der Waals surface area contributed by atoms with E-state index in [1.165, 1.54) is 12.1 Å². The van der Waals surface area contributed by atoms with Gasteiger partial charge >= 0.3 is 12.4 Å². The SMILES string of the molecule is Cc1ccc(C(=O)Nc2ccc(SCC(=O)Nc3cc(C(F)(F)F)cc(C(F)(F)F)c3)nn2)cc1. The highest BCUT2D eigenvalue weighted by Gasteiger charge is 2.37. The Morgan fingerprint density at radius 1 is 0.829 bits per heavy atom. The number of thioether (sulfide) groups is 1. The van der Waals surface area contributed by atoms with Crippen molar-refractivity contribution in [2.45, 2.75) is 24.3 Å². The van der Waals surface area contributed by atoms with Crippen molar-refractivity contribution in [2.75, 3.05) is 16.4 Å². The molecular weight excluding hydrogens is 498 g/mol. The van der Waals surface area contributed by atoms with E-state index >= 15 is 0 Å². The van der Waals surface area contributed by atoms with Crippen molar-refractivity contribution in [1.82, 2.24) is 10.2 Å². The van der Waals surface area contributed by atoms with E-state index in [0.717, 1.165) is 17.3 Å². The molecule has 13 heteroatoms. The van der Waals surface area contributed by atoms with Crippen molar-refractivity contribution in [3.05, 3.63) is 76.9 Å². The molecule has 0 unspecified atom stereocenters. The Labute approximate surface area is 199 Å². The first kappa shape index (κ1) is 26.0. The number of alkyl halides is 6. The Balaban J connectivity index is 1.60. The monoisotopic (exact) mass is 514 g/mol. The summed E-state index contributed by atoms with van der Waals surface area (Å²) in [7, 11) is 0. The van der Waals surface area contributed by atoms with Crippen LogP contribution in [0.2, 0.25) is 0 Å². The molecule has 0 bridgehead atoms. The maximum absolute atomic E-state index is 12.9. The van der Waals surface area contributed by atoms with Crippen molar-refractivity contribution in [2.24, 2.45) is 0 Å². The molecule has 184 valence electrons. The van der Waals surface area contributed by atoms with Crippen LogP contribution in [0.1, 0.15) is 27.0 Å². The molecule has 35 heavy (non-hydrogen) atoms. The first-order chi connectivity index (χ1) is 16.3. The molecule has 0 atom stereocenters. The molecule has 0 saturated heterocycles. The third kappa shape index (κ3) is 7.44. The number of hydrogen-bond donors (Lipinski definition) is 2. The van der Waals surface area contributed by atoms with Gasteiger partial charge in [0, 0.05) is 11.3 Å². The summed E-state index contributed by atoms with van der Waals surface area (Å²) < 4.78 is 77.6. The van der Waals surface area contributed by atoms with Crippen LogP contribution >= 0.6 is 11.8 Å². The maximum Gasteiger partial charge on any atom is 0.416 e. The van der Waals surface area contributed by atoms with Gasteiger partial charge in [0.1, 0.15) is 5.03 Å². The normalized spacial score (nSPS) is 11.7. The van der Waals surface area contributed by atoms with Gasteiger partial charge in [-0.25, -0.2) is 0 Å². The number of aryl methyl sites for hydroxylation is 1. The quantitative estimate of drug-likeness (QED) is 0.321. The van der Waals surface area contributed by atoms with E-state index in [1.807, 2.05) is 12.2 Å². The Bertz CT molecular complexity index is 1180. The number of amides is 2. The fourth-order valence-electron chi connectivity index (χ4n) is 2.72. The smallest absolute Gasteiger partial charge is 0.325 e. The summed E-state index contributed by atoms with van der Waals surface area (Å²) >= 11 is 0.850. The third-order valence-electron chi connectivity index (χ3n) is 4.42. The second kappa shape index (κ2) is 10.3. The Morgan fingerprint density at radius 3 is 1.94 bits per heavy atom. The molecule has 1 heterocycles. The molecule has 2 amide bonds. The van der Waals surface area contributed by atoms with E-state index in [-0.39, 0.29) is 22.7 Å². The summed E-state index contributed by atoms with van der Waals surface area (Å²) in [6.07, 6.45) is -10.1. The second-order valence-electron chi connectivity index (χ2n) is 7.21. The summed E-state index contributed by atoms with van der Waals surface area (Å²) in [5, 5.41) is 12.5. The molecule has 0 aliphatic carbocycles. The molecule has 0 saturated carbocycles. The fraction of sp³-hybridized carbons (Fsp3) is 0.182. The predicted octanol–water partition coefficient (Wildman–Crippen LogP) is 5.81. The van der Waals surface area contributed by atoms with Crippen molar-refractivity contribution in [3.63, 3.8) is 0 Å². The van der Waals surface area contributed by atoms with Crippen LogP contribution in [-0.2, 0) is 17.1 Å². The summed E-state index contributed by atoms with van der Waals surface area (Å²) in [5.74, 6) is -1.46. The summed E-state index contributed by atoms with van der Waals surface area (Å²) in [6.45, 7) is 1.88. The molecule has 0 radical (unpaired) electrons. The third-order valence-corrected chi connectivity index (χ3v) is 5.34. The van der Waals surface area contributed by atoms with E-state index in [2.05, 4.69) is 15.5 Å². The zero-order valence-electron chi connectivity index (χ0n) is 17.8. The van der Waals surface area contributed by atoms with E-state index in [0.29, 0.717) is 17.7 Å². The number of carbonyl (C=O) groups is 2. The van der Waals surface area contributed by atoms with E-state index in [4.69, 9.17) is 0 Å². The van der Waals surface area contributed by atoms with Crippen molar-refractivity contribution >= 4 is 35.1 Å². The number of aromatic nitrogens is 2. The largest absolute Gasteiger partial charge is 0.416 e. The zero-order valence-corrected chi connectivity index (χ0v) is 18.6. The minimum atomic E-state index is -5.03. The molecule has 2 N–H and O–H groups in total. The fourth-order valence-corrected chi connectivity index (χ4v) is 3.33. The summed E-state index contributed by atoms with van der Waals surface area (Å²) in [6, 6.07) is 10.5. The van der Waals surface area contributed by atoms with Crippen LogP contribution in [0.25, 0.3) is 0 Å². The van der Waals surface area contributed by atoms with Gasteiger partial charge in [0.15, 0.2) is 5.82 Å². The van der Waals surface area contributed by atoms with Gasteiger partial charge in [0.25, 0.3) is 5.91 Å². The lowest BCUT2D eigenvalue weighted by atomic mass is 10.1. The molecular formula is C22H16F6N4O2S. The predicted molar refractivity (Wildman–Crippen MR) is 117 cm³/mol. The molecule has 2 aromatic carbocycles. The zero-order chi connectivity index (χ0) is 25.8. The molecule has 3 rings (SSSR count). The Morgan fingerprint density at radius 2 is 1.43 bits per heavy atom. The van der Waals surface area contributed by atoms with Gasteiger partial charge in [-0.05, 0) is 49.4 Å². The molecule has 0 spiro atoms. The molecule has 1 aromatic heterocycles. The lowest BCUT2D eigenvalue weighted by Crippen LogP contribution is -2.17. The minimum absolute atomic E-state index is 0.0286. The van der Waals surface area contributed by atoms with Crippen LogP contribution in [-0.4, -0.2) is 27.8 Å².